The fraction of sp³-hybridized carbons (Fsp3) is 0.167. The van der Waals surface area contributed by atoms with Gasteiger partial charge in [0.15, 0.2) is 11.6 Å². The van der Waals surface area contributed by atoms with Crippen LogP contribution in [0.2, 0.25) is 0 Å². The molecule has 0 radical (unpaired) electrons. The molecule has 0 atom stereocenters. The van der Waals surface area contributed by atoms with Crippen molar-refractivity contribution in [3.8, 4) is 5.75 Å². The minimum absolute atomic E-state index is 0.0974. The van der Waals surface area contributed by atoms with E-state index in [0.717, 1.165) is 5.01 Å². The van der Waals surface area contributed by atoms with Gasteiger partial charge in [-0.25, -0.2) is 4.98 Å². The van der Waals surface area contributed by atoms with Crippen LogP contribution < -0.4 is 10.5 Å². The Kier molecular flexibility index (Phi) is 4.33. The van der Waals surface area contributed by atoms with Gasteiger partial charge in [-0.1, -0.05) is 5.16 Å². The molecule has 8 nitrogen and oxygen atoms in total. The standard InChI is InChI=1S/C12H12N4O4S/c1-7-14-9(6-21-7)5-20-11-3-2-8(12(13)15-17)4-10(11)16(18)19/h2-4,6,17H,5H2,1H3,(H2,13,15). The molecule has 0 unspecified atom stereocenters. The molecule has 9 heteroatoms. The van der Waals surface area contributed by atoms with E-state index >= 15 is 0 Å². The van der Waals surface area contributed by atoms with Crippen molar-refractivity contribution in [1.29, 1.82) is 0 Å². The Balaban J connectivity index is 2.24. The van der Waals surface area contributed by atoms with Crippen molar-refractivity contribution < 1.29 is 14.9 Å². The Labute approximate surface area is 123 Å². The van der Waals surface area contributed by atoms with E-state index in [1.54, 1.807) is 0 Å². The fourth-order valence-electron chi connectivity index (χ4n) is 1.63. The molecule has 2 aromatic rings. The van der Waals surface area contributed by atoms with Crippen LogP contribution in [0.5, 0.6) is 5.75 Å². The van der Waals surface area contributed by atoms with Gasteiger partial charge in [0.2, 0.25) is 0 Å². The van der Waals surface area contributed by atoms with Gasteiger partial charge in [0.05, 0.1) is 15.6 Å². The van der Waals surface area contributed by atoms with Crippen LogP contribution in [0.25, 0.3) is 0 Å². The Morgan fingerprint density at radius 2 is 2.38 bits per heavy atom. The van der Waals surface area contributed by atoms with E-state index in [2.05, 4.69) is 10.1 Å². The predicted molar refractivity (Wildman–Crippen MR) is 76.8 cm³/mol. The summed E-state index contributed by atoms with van der Waals surface area (Å²) in [5.41, 5.74) is 6.09. The van der Waals surface area contributed by atoms with Crippen molar-refractivity contribution in [3.63, 3.8) is 0 Å². The smallest absolute Gasteiger partial charge is 0.311 e. The monoisotopic (exact) mass is 308 g/mol. The quantitative estimate of drug-likeness (QED) is 0.286. The first-order valence-corrected chi connectivity index (χ1v) is 6.69. The van der Waals surface area contributed by atoms with Crippen molar-refractivity contribution in [1.82, 2.24) is 4.98 Å². The maximum absolute atomic E-state index is 11.1. The number of rotatable bonds is 5. The molecule has 0 fully saturated rings. The highest BCUT2D eigenvalue weighted by Gasteiger charge is 2.17. The van der Waals surface area contributed by atoms with Gasteiger partial charge in [0, 0.05) is 17.0 Å². The van der Waals surface area contributed by atoms with Crippen molar-refractivity contribution in [2.24, 2.45) is 10.9 Å². The molecule has 0 spiro atoms. The molecular weight excluding hydrogens is 296 g/mol. The number of nitrogens with two attached hydrogens (primary N) is 1. The molecule has 0 aliphatic heterocycles. The van der Waals surface area contributed by atoms with Crippen LogP contribution in [0, 0.1) is 17.0 Å². The Hall–Kier alpha value is -2.68. The Bertz CT molecular complexity index is 698. The summed E-state index contributed by atoms with van der Waals surface area (Å²) in [7, 11) is 0. The average Bonchev–Trinajstić information content (AvgIpc) is 2.89. The molecular formula is C12H12N4O4S. The maximum atomic E-state index is 11.1. The number of nitro groups is 1. The number of nitrogens with zero attached hydrogens (tertiary/aromatic N) is 3. The third-order valence-corrected chi connectivity index (χ3v) is 3.42. The molecule has 0 saturated carbocycles. The highest BCUT2D eigenvalue weighted by molar-refractivity contribution is 7.09. The van der Waals surface area contributed by atoms with E-state index in [0.29, 0.717) is 5.69 Å². The second-order valence-corrected chi connectivity index (χ2v) is 5.13. The van der Waals surface area contributed by atoms with Crippen molar-refractivity contribution in [3.05, 3.63) is 50.0 Å². The minimum Gasteiger partial charge on any atom is -0.480 e. The lowest BCUT2D eigenvalue weighted by molar-refractivity contribution is -0.386. The average molecular weight is 308 g/mol. The number of benzene rings is 1. The van der Waals surface area contributed by atoms with E-state index in [4.69, 9.17) is 15.7 Å². The third-order valence-electron chi connectivity index (χ3n) is 2.60. The summed E-state index contributed by atoms with van der Waals surface area (Å²) in [6.45, 7) is 2.00. The maximum Gasteiger partial charge on any atom is 0.311 e. The molecule has 1 heterocycles. The third kappa shape index (κ3) is 3.45. The summed E-state index contributed by atoms with van der Waals surface area (Å²) in [5, 5.41) is 25.2. The molecule has 0 aliphatic rings. The van der Waals surface area contributed by atoms with Gasteiger partial charge in [0.1, 0.15) is 6.61 Å². The van der Waals surface area contributed by atoms with E-state index in [1.807, 2.05) is 12.3 Å². The van der Waals surface area contributed by atoms with E-state index < -0.39 is 4.92 Å². The van der Waals surface area contributed by atoms with E-state index in [9.17, 15) is 10.1 Å². The zero-order valence-corrected chi connectivity index (χ0v) is 11.8. The minimum atomic E-state index is -0.588. The molecule has 0 saturated heterocycles. The summed E-state index contributed by atoms with van der Waals surface area (Å²) in [5.74, 6) is -0.111. The van der Waals surface area contributed by atoms with Crippen LogP contribution in [0.1, 0.15) is 16.3 Å². The molecule has 110 valence electrons. The van der Waals surface area contributed by atoms with Crippen LogP contribution in [0.3, 0.4) is 0 Å². The number of ether oxygens (including phenoxy) is 1. The van der Waals surface area contributed by atoms with Crippen molar-refractivity contribution >= 4 is 22.9 Å². The molecule has 0 bridgehead atoms. The van der Waals surface area contributed by atoms with E-state index in [1.165, 1.54) is 29.5 Å². The number of aromatic nitrogens is 1. The lowest BCUT2D eigenvalue weighted by atomic mass is 10.1. The second kappa shape index (κ2) is 6.18. The second-order valence-electron chi connectivity index (χ2n) is 4.07. The van der Waals surface area contributed by atoms with Crippen LogP contribution in [0.4, 0.5) is 5.69 Å². The van der Waals surface area contributed by atoms with Crippen molar-refractivity contribution in [2.75, 3.05) is 0 Å². The first kappa shape index (κ1) is 14.7. The van der Waals surface area contributed by atoms with Crippen LogP contribution in [0.15, 0.2) is 28.7 Å². The van der Waals surface area contributed by atoms with Gasteiger partial charge in [-0.15, -0.1) is 11.3 Å². The van der Waals surface area contributed by atoms with Gasteiger partial charge in [-0.3, -0.25) is 10.1 Å². The number of thiazole rings is 1. The largest absolute Gasteiger partial charge is 0.480 e. The van der Waals surface area contributed by atoms with Crippen LogP contribution >= 0.6 is 11.3 Å². The number of hydrogen-bond acceptors (Lipinski definition) is 7. The number of aryl methyl sites for hydroxylation is 1. The Morgan fingerprint density at radius 3 is 2.95 bits per heavy atom. The van der Waals surface area contributed by atoms with Gasteiger partial charge in [-0.2, -0.15) is 0 Å². The number of oxime groups is 1. The van der Waals surface area contributed by atoms with Gasteiger partial charge >= 0.3 is 5.69 Å². The highest BCUT2D eigenvalue weighted by atomic mass is 32.1. The first-order valence-electron chi connectivity index (χ1n) is 5.81. The summed E-state index contributed by atoms with van der Waals surface area (Å²) in [4.78, 5) is 14.7. The molecule has 0 aliphatic carbocycles. The lowest BCUT2D eigenvalue weighted by Crippen LogP contribution is -2.13. The summed E-state index contributed by atoms with van der Waals surface area (Å²) in [6, 6.07) is 4.07. The normalized spacial score (nSPS) is 11.4. The summed E-state index contributed by atoms with van der Waals surface area (Å²) >= 11 is 1.47. The molecule has 21 heavy (non-hydrogen) atoms. The van der Waals surface area contributed by atoms with Gasteiger partial charge in [-0.05, 0) is 19.1 Å². The van der Waals surface area contributed by atoms with Crippen molar-refractivity contribution in [2.45, 2.75) is 13.5 Å². The highest BCUT2D eigenvalue weighted by Crippen LogP contribution is 2.28. The van der Waals surface area contributed by atoms with E-state index in [-0.39, 0.29) is 29.4 Å². The first-order chi connectivity index (χ1) is 10.0. The molecule has 1 aromatic heterocycles. The summed E-state index contributed by atoms with van der Waals surface area (Å²) in [6.07, 6.45) is 0. The predicted octanol–water partition coefficient (Wildman–Crippen LogP) is 2.03. The number of amidine groups is 1. The number of nitro benzene ring substituents is 1. The zero-order valence-electron chi connectivity index (χ0n) is 11.0. The lowest BCUT2D eigenvalue weighted by Gasteiger charge is -2.06. The Morgan fingerprint density at radius 1 is 1.62 bits per heavy atom. The fourth-order valence-corrected chi connectivity index (χ4v) is 2.22. The summed E-state index contributed by atoms with van der Waals surface area (Å²) < 4.78 is 5.43. The number of hydrogen-bond donors (Lipinski definition) is 2. The zero-order chi connectivity index (χ0) is 15.4. The molecule has 3 N–H and O–H groups in total. The van der Waals surface area contributed by atoms with Crippen LogP contribution in [-0.4, -0.2) is 21.0 Å². The van der Waals surface area contributed by atoms with Gasteiger partial charge < -0.3 is 15.7 Å². The topological polar surface area (TPSA) is 124 Å². The molecule has 0 amide bonds. The molecule has 1 aromatic carbocycles. The van der Waals surface area contributed by atoms with Crippen LogP contribution in [-0.2, 0) is 6.61 Å². The molecule has 2 rings (SSSR count). The van der Waals surface area contributed by atoms with Gasteiger partial charge in [0.25, 0.3) is 0 Å². The SMILES string of the molecule is Cc1nc(COc2ccc(C(N)=NO)cc2[N+](=O)[O-])cs1.